The molecule has 33 heavy (non-hydrogen) atoms. The van der Waals surface area contributed by atoms with Crippen LogP contribution in [0.3, 0.4) is 0 Å². The van der Waals surface area contributed by atoms with Gasteiger partial charge in [0, 0.05) is 12.0 Å². The quantitative estimate of drug-likeness (QED) is 0.584. The van der Waals surface area contributed by atoms with Gasteiger partial charge in [0.1, 0.15) is 17.4 Å². The molecule has 0 aromatic heterocycles. The highest BCUT2D eigenvalue weighted by Gasteiger charge is 2.40. The van der Waals surface area contributed by atoms with Crippen molar-refractivity contribution in [2.24, 2.45) is 0 Å². The Labute approximate surface area is 198 Å². The van der Waals surface area contributed by atoms with Gasteiger partial charge in [-0.25, -0.2) is 8.42 Å². The number of nitrogens with one attached hydrogen (secondary N) is 1. The van der Waals surface area contributed by atoms with Gasteiger partial charge in [0.2, 0.25) is 15.9 Å². The van der Waals surface area contributed by atoms with E-state index in [-0.39, 0.29) is 17.6 Å². The smallest absolute Gasteiger partial charge is 0.244 e. The topological polar surface area (TPSA) is 75.7 Å². The van der Waals surface area contributed by atoms with Crippen LogP contribution in [0.25, 0.3) is 0 Å². The fourth-order valence-electron chi connectivity index (χ4n) is 4.69. The number of fused-ring (bicyclic) bond motifs is 1. The minimum absolute atomic E-state index is 0.253. The molecule has 6 nitrogen and oxygen atoms in total. The second-order valence-corrected chi connectivity index (χ2v) is 10.9. The van der Waals surface area contributed by atoms with Crippen LogP contribution in [0.2, 0.25) is 0 Å². The predicted molar refractivity (Wildman–Crippen MR) is 133 cm³/mol. The van der Waals surface area contributed by atoms with Crippen LogP contribution in [0.1, 0.15) is 69.2 Å². The summed E-state index contributed by atoms with van der Waals surface area (Å²) in [6.07, 6.45) is 3.79. The maximum atomic E-state index is 13.6. The summed E-state index contributed by atoms with van der Waals surface area (Å²) >= 11 is 0. The molecule has 2 aromatic carbocycles. The molecule has 7 heteroatoms. The highest BCUT2D eigenvalue weighted by molar-refractivity contribution is 7.92. The van der Waals surface area contributed by atoms with E-state index in [1.165, 1.54) is 4.31 Å². The number of carbonyl (C=O) groups is 1. The Bertz CT molecular complexity index is 1110. The molecule has 0 saturated heterocycles. The van der Waals surface area contributed by atoms with Gasteiger partial charge in [-0.2, -0.15) is 0 Å². The summed E-state index contributed by atoms with van der Waals surface area (Å²) in [4.78, 5) is 13.6. The number of hydrogen-bond donors (Lipinski definition) is 1. The summed E-state index contributed by atoms with van der Waals surface area (Å²) in [5.41, 5.74) is 2.86. The Kier molecular flexibility index (Phi) is 7.42. The number of amides is 1. The van der Waals surface area contributed by atoms with Crippen molar-refractivity contribution >= 4 is 21.6 Å². The number of sulfonamides is 1. The van der Waals surface area contributed by atoms with E-state index in [2.05, 4.69) is 19.2 Å². The lowest BCUT2D eigenvalue weighted by atomic mass is 9.83. The van der Waals surface area contributed by atoms with Gasteiger partial charge in [0.15, 0.2) is 0 Å². The molecule has 0 saturated carbocycles. The second-order valence-electron chi connectivity index (χ2n) is 9.07. The minimum Gasteiger partial charge on any atom is -0.487 e. The number of nitrogens with zero attached hydrogens (tertiary/aromatic N) is 1. The molecule has 1 heterocycles. The average molecular weight is 473 g/mol. The number of para-hydroxylation sites is 1. The first-order chi connectivity index (χ1) is 15.5. The molecular formula is C26H36N2O4S. The van der Waals surface area contributed by atoms with Crippen molar-refractivity contribution in [1.29, 1.82) is 0 Å². The van der Waals surface area contributed by atoms with Crippen molar-refractivity contribution in [2.45, 2.75) is 78.0 Å². The van der Waals surface area contributed by atoms with Crippen LogP contribution >= 0.6 is 0 Å². The lowest BCUT2D eigenvalue weighted by molar-refractivity contribution is -0.123. The first-order valence-electron chi connectivity index (χ1n) is 11.7. The molecule has 0 aliphatic carbocycles. The molecular weight excluding hydrogens is 436 g/mol. The molecule has 0 fully saturated rings. The van der Waals surface area contributed by atoms with Crippen molar-refractivity contribution in [3.8, 4) is 5.75 Å². The zero-order valence-corrected chi connectivity index (χ0v) is 21.3. The molecule has 1 N–H and O–H groups in total. The number of ether oxygens (including phenoxy) is 1. The Balaban J connectivity index is 1.99. The lowest BCUT2D eigenvalue weighted by Crippen LogP contribution is -2.52. The van der Waals surface area contributed by atoms with Crippen LogP contribution in [-0.2, 0) is 14.8 Å². The number of benzene rings is 2. The third kappa shape index (κ3) is 5.18. The van der Waals surface area contributed by atoms with E-state index in [9.17, 15) is 13.2 Å². The van der Waals surface area contributed by atoms with Crippen molar-refractivity contribution in [2.75, 3.05) is 10.6 Å². The first-order valence-corrected chi connectivity index (χ1v) is 13.5. The van der Waals surface area contributed by atoms with Crippen LogP contribution in [-0.4, -0.2) is 32.2 Å². The summed E-state index contributed by atoms with van der Waals surface area (Å²) in [5.74, 6) is 0.479. The molecule has 0 unspecified atom stereocenters. The third-order valence-electron chi connectivity index (χ3n) is 6.73. The Morgan fingerprint density at radius 1 is 1.15 bits per heavy atom. The molecule has 2 aromatic rings. The molecule has 3 rings (SSSR count). The fourth-order valence-corrected chi connectivity index (χ4v) is 5.95. The van der Waals surface area contributed by atoms with E-state index in [1.54, 1.807) is 0 Å². The lowest BCUT2D eigenvalue weighted by Gasteiger charge is -2.42. The number of hydrogen-bond acceptors (Lipinski definition) is 4. The zero-order valence-electron chi connectivity index (χ0n) is 20.5. The van der Waals surface area contributed by atoms with E-state index >= 15 is 0 Å². The van der Waals surface area contributed by atoms with Crippen molar-refractivity contribution in [3.63, 3.8) is 0 Å². The zero-order chi connectivity index (χ0) is 24.4. The van der Waals surface area contributed by atoms with E-state index in [4.69, 9.17) is 4.74 Å². The van der Waals surface area contributed by atoms with Gasteiger partial charge in [0.25, 0.3) is 0 Å². The van der Waals surface area contributed by atoms with Gasteiger partial charge in [0.05, 0.1) is 18.0 Å². The van der Waals surface area contributed by atoms with Crippen LogP contribution < -0.4 is 14.4 Å². The summed E-state index contributed by atoms with van der Waals surface area (Å²) < 4.78 is 33.5. The third-order valence-corrected chi connectivity index (χ3v) is 7.90. The maximum Gasteiger partial charge on any atom is 0.244 e. The van der Waals surface area contributed by atoms with Gasteiger partial charge < -0.3 is 10.1 Å². The van der Waals surface area contributed by atoms with Crippen molar-refractivity contribution in [1.82, 2.24) is 5.32 Å². The molecule has 0 radical (unpaired) electrons. The molecule has 1 aliphatic rings. The highest BCUT2D eigenvalue weighted by atomic mass is 32.2. The molecule has 0 bridgehead atoms. The van der Waals surface area contributed by atoms with Gasteiger partial charge in [-0.15, -0.1) is 0 Å². The maximum absolute atomic E-state index is 13.6. The molecule has 2 atom stereocenters. The molecule has 1 aliphatic heterocycles. The minimum atomic E-state index is -3.70. The van der Waals surface area contributed by atoms with E-state index in [1.807, 2.05) is 63.2 Å². The number of rotatable bonds is 8. The fraction of sp³-hybridized carbons (Fsp3) is 0.500. The monoisotopic (exact) mass is 472 g/mol. The first kappa shape index (κ1) is 25.1. The Morgan fingerprint density at radius 3 is 2.42 bits per heavy atom. The predicted octanol–water partition coefficient (Wildman–Crippen LogP) is 5.05. The number of anilines is 1. The summed E-state index contributed by atoms with van der Waals surface area (Å²) in [6.45, 7) is 9.81. The normalized spacial score (nSPS) is 18.1. The van der Waals surface area contributed by atoms with Crippen molar-refractivity contribution < 1.29 is 17.9 Å². The van der Waals surface area contributed by atoms with E-state index in [0.29, 0.717) is 18.5 Å². The highest BCUT2D eigenvalue weighted by Crippen LogP contribution is 2.42. The standard InChI is InChI=1S/C26H36N2O4S/c1-7-22(28(33(6,30)31)23-16-18(4)14-15-19(23)5)25(29)27-21-17-26(8-2,9-3)32-24-13-11-10-12-20(21)24/h10-16,21-22H,7-9,17H2,1-6H3,(H,27,29)/t21-,22-/m0/s1. The Hall–Kier alpha value is -2.54. The van der Waals surface area contributed by atoms with Crippen LogP contribution in [0, 0.1) is 13.8 Å². The SMILES string of the molecule is CC[C@@H](C(=O)N[C@H]1CC(CC)(CC)Oc2ccccc21)N(c1cc(C)ccc1C)S(C)(=O)=O. The van der Waals surface area contributed by atoms with Crippen LogP contribution in [0.5, 0.6) is 5.75 Å². The second kappa shape index (κ2) is 9.75. The van der Waals surface area contributed by atoms with Crippen LogP contribution in [0.4, 0.5) is 5.69 Å². The van der Waals surface area contributed by atoms with Gasteiger partial charge in [-0.05, 0) is 56.4 Å². The largest absolute Gasteiger partial charge is 0.487 e. The summed E-state index contributed by atoms with van der Waals surface area (Å²) in [6, 6.07) is 12.3. The molecule has 0 spiro atoms. The van der Waals surface area contributed by atoms with Gasteiger partial charge in [-0.1, -0.05) is 51.1 Å². The summed E-state index contributed by atoms with van der Waals surface area (Å²) in [5, 5.41) is 3.18. The van der Waals surface area contributed by atoms with Crippen LogP contribution in [0.15, 0.2) is 42.5 Å². The van der Waals surface area contributed by atoms with Gasteiger partial charge >= 0.3 is 0 Å². The average Bonchev–Trinajstić information content (AvgIpc) is 2.78. The molecule has 1 amide bonds. The summed E-state index contributed by atoms with van der Waals surface area (Å²) in [7, 11) is -3.70. The Morgan fingerprint density at radius 2 is 1.82 bits per heavy atom. The van der Waals surface area contributed by atoms with E-state index in [0.717, 1.165) is 41.5 Å². The van der Waals surface area contributed by atoms with Gasteiger partial charge in [-0.3, -0.25) is 9.10 Å². The van der Waals surface area contributed by atoms with E-state index < -0.39 is 16.1 Å². The number of aryl methyl sites for hydroxylation is 2. The number of carbonyl (C=O) groups excluding carboxylic acids is 1. The molecule has 180 valence electrons. The van der Waals surface area contributed by atoms with Crippen molar-refractivity contribution in [3.05, 3.63) is 59.2 Å².